The summed E-state index contributed by atoms with van der Waals surface area (Å²) >= 11 is 1.74. The number of amides is 1. The van der Waals surface area contributed by atoms with Crippen molar-refractivity contribution in [1.29, 1.82) is 0 Å². The quantitative estimate of drug-likeness (QED) is 0.873. The molecule has 4 heteroatoms. The van der Waals surface area contributed by atoms with E-state index in [2.05, 4.69) is 11.4 Å². The number of thiophene rings is 1. The van der Waals surface area contributed by atoms with E-state index in [9.17, 15) is 4.79 Å². The van der Waals surface area contributed by atoms with Gasteiger partial charge in [0.1, 0.15) is 0 Å². The number of nitrogens with zero attached hydrogens (tertiary/aromatic N) is 1. The van der Waals surface area contributed by atoms with Crippen molar-refractivity contribution in [1.82, 2.24) is 4.90 Å². The molecule has 1 aliphatic rings. The summed E-state index contributed by atoms with van der Waals surface area (Å²) in [7, 11) is 0. The number of nitrogen functional groups attached to an aromatic ring is 1. The van der Waals surface area contributed by atoms with Crippen LogP contribution in [0.15, 0.2) is 35.7 Å². The van der Waals surface area contributed by atoms with Crippen molar-refractivity contribution in [3.63, 3.8) is 0 Å². The van der Waals surface area contributed by atoms with E-state index in [4.69, 9.17) is 5.73 Å². The maximum atomic E-state index is 12.4. The lowest BCUT2D eigenvalue weighted by atomic mass is 9.98. The highest BCUT2D eigenvalue weighted by molar-refractivity contribution is 7.09. The zero-order valence-electron chi connectivity index (χ0n) is 10.6. The first-order chi connectivity index (χ1) is 9.24. The van der Waals surface area contributed by atoms with Gasteiger partial charge in [0.2, 0.25) is 0 Å². The molecule has 0 fully saturated rings. The molecule has 0 atom stereocenters. The van der Waals surface area contributed by atoms with Crippen LogP contribution in [0.4, 0.5) is 5.69 Å². The van der Waals surface area contributed by atoms with Gasteiger partial charge in [0.05, 0.1) is 0 Å². The van der Waals surface area contributed by atoms with Gasteiger partial charge >= 0.3 is 0 Å². The molecule has 0 bridgehead atoms. The number of rotatable bonds is 3. The highest BCUT2D eigenvalue weighted by Gasteiger charge is 2.23. The van der Waals surface area contributed by atoms with Crippen LogP contribution in [-0.2, 0) is 12.8 Å². The molecule has 1 aromatic heterocycles. The highest BCUT2D eigenvalue weighted by atomic mass is 32.1. The maximum absolute atomic E-state index is 12.4. The van der Waals surface area contributed by atoms with Crippen LogP contribution in [0, 0.1) is 0 Å². The van der Waals surface area contributed by atoms with Crippen molar-refractivity contribution >= 4 is 22.9 Å². The number of fused-ring (bicyclic) bond motifs is 1. The second kappa shape index (κ2) is 5.05. The number of nitrogens with two attached hydrogens (primary N) is 1. The van der Waals surface area contributed by atoms with Gasteiger partial charge in [-0.25, -0.2) is 0 Å². The van der Waals surface area contributed by atoms with Gasteiger partial charge in [0.15, 0.2) is 0 Å². The molecule has 0 aliphatic carbocycles. The van der Waals surface area contributed by atoms with Crippen LogP contribution in [0.1, 0.15) is 20.8 Å². The summed E-state index contributed by atoms with van der Waals surface area (Å²) in [6.07, 6.45) is 1.85. The number of anilines is 1. The lowest BCUT2D eigenvalue weighted by molar-refractivity contribution is 0.0742. The lowest BCUT2D eigenvalue weighted by Crippen LogP contribution is -2.38. The van der Waals surface area contributed by atoms with Crippen LogP contribution < -0.4 is 5.73 Å². The normalized spacial score (nSPS) is 14.5. The molecule has 3 nitrogen and oxygen atoms in total. The molecule has 1 amide bonds. The van der Waals surface area contributed by atoms with Crippen LogP contribution >= 0.6 is 11.3 Å². The first-order valence-corrected chi connectivity index (χ1v) is 7.32. The summed E-state index contributed by atoms with van der Waals surface area (Å²) in [5.74, 6) is 0.116. The van der Waals surface area contributed by atoms with E-state index in [1.54, 1.807) is 17.4 Å². The molecule has 0 saturated carbocycles. The average Bonchev–Trinajstić information content (AvgIpc) is 2.92. The molecular weight excluding hydrogens is 256 g/mol. The lowest BCUT2D eigenvalue weighted by Gasteiger charge is -2.28. The predicted molar refractivity (Wildman–Crippen MR) is 78.5 cm³/mol. The minimum Gasteiger partial charge on any atom is -0.399 e. The zero-order valence-corrected chi connectivity index (χ0v) is 11.5. The molecule has 1 aliphatic heterocycles. The van der Waals surface area contributed by atoms with E-state index in [0.717, 1.165) is 37.1 Å². The van der Waals surface area contributed by atoms with E-state index in [0.29, 0.717) is 5.69 Å². The van der Waals surface area contributed by atoms with Crippen molar-refractivity contribution in [2.45, 2.75) is 12.8 Å². The molecule has 98 valence electrons. The Hall–Kier alpha value is -1.81. The van der Waals surface area contributed by atoms with Gasteiger partial charge in [-0.05, 0) is 42.0 Å². The SMILES string of the molecule is Nc1ccc2c(c1)C(=O)N(CCc1cccs1)CC2. The summed E-state index contributed by atoms with van der Waals surface area (Å²) in [4.78, 5) is 15.7. The minimum atomic E-state index is 0.116. The monoisotopic (exact) mass is 272 g/mol. The van der Waals surface area contributed by atoms with E-state index in [1.807, 2.05) is 23.1 Å². The van der Waals surface area contributed by atoms with Crippen molar-refractivity contribution in [3.8, 4) is 0 Å². The van der Waals surface area contributed by atoms with Crippen LogP contribution in [-0.4, -0.2) is 23.9 Å². The minimum absolute atomic E-state index is 0.116. The Bertz CT molecular complexity index is 592. The van der Waals surface area contributed by atoms with Crippen LogP contribution in [0.5, 0.6) is 0 Å². The zero-order chi connectivity index (χ0) is 13.2. The molecule has 0 spiro atoms. The molecule has 2 N–H and O–H groups in total. The van der Waals surface area contributed by atoms with Gasteiger partial charge in [-0.3, -0.25) is 4.79 Å². The van der Waals surface area contributed by atoms with Gasteiger partial charge in [-0.1, -0.05) is 12.1 Å². The van der Waals surface area contributed by atoms with Gasteiger partial charge in [-0.2, -0.15) is 0 Å². The standard InChI is InChI=1S/C15H16N2OS/c16-12-4-3-11-5-7-17(15(18)14(11)10-12)8-6-13-2-1-9-19-13/h1-4,9-10H,5-8,16H2. The van der Waals surface area contributed by atoms with E-state index in [-0.39, 0.29) is 5.91 Å². The Kier molecular flexibility index (Phi) is 3.25. The molecule has 19 heavy (non-hydrogen) atoms. The Labute approximate surface area is 116 Å². The summed E-state index contributed by atoms with van der Waals surface area (Å²) < 4.78 is 0. The van der Waals surface area contributed by atoms with E-state index < -0.39 is 0 Å². The third kappa shape index (κ3) is 2.49. The molecule has 3 rings (SSSR count). The average molecular weight is 272 g/mol. The largest absolute Gasteiger partial charge is 0.399 e. The fraction of sp³-hybridized carbons (Fsp3) is 0.267. The highest BCUT2D eigenvalue weighted by Crippen LogP contribution is 2.22. The van der Waals surface area contributed by atoms with E-state index >= 15 is 0 Å². The van der Waals surface area contributed by atoms with Crippen LogP contribution in [0.3, 0.4) is 0 Å². The Morgan fingerprint density at radius 2 is 2.21 bits per heavy atom. The molecule has 0 saturated heterocycles. The number of hydrogen-bond acceptors (Lipinski definition) is 3. The second-order valence-corrected chi connectivity index (χ2v) is 5.82. The molecule has 1 aromatic carbocycles. The first kappa shape index (κ1) is 12.2. The topological polar surface area (TPSA) is 46.3 Å². The Morgan fingerprint density at radius 3 is 3.00 bits per heavy atom. The smallest absolute Gasteiger partial charge is 0.254 e. The summed E-state index contributed by atoms with van der Waals surface area (Å²) in [5.41, 5.74) is 8.32. The van der Waals surface area contributed by atoms with Gasteiger partial charge < -0.3 is 10.6 Å². The summed E-state index contributed by atoms with van der Waals surface area (Å²) in [5, 5.41) is 2.07. The van der Waals surface area contributed by atoms with Crippen LogP contribution in [0.2, 0.25) is 0 Å². The fourth-order valence-electron chi connectivity index (χ4n) is 2.45. The van der Waals surface area contributed by atoms with Crippen molar-refractivity contribution < 1.29 is 4.79 Å². The first-order valence-electron chi connectivity index (χ1n) is 6.44. The van der Waals surface area contributed by atoms with Crippen LogP contribution in [0.25, 0.3) is 0 Å². The number of hydrogen-bond donors (Lipinski definition) is 1. The molecule has 0 unspecified atom stereocenters. The third-order valence-electron chi connectivity index (χ3n) is 3.51. The number of carbonyl (C=O) groups is 1. The molecule has 2 aromatic rings. The third-order valence-corrected chi connectivity index (χ3v) is 4.45. The van der Waals surface area contributed by atoms with Crippen molar-refractivity contribution in [3.05, 3.63) is 51.7 Å². The fourth-order valence-corrected chi connectivity index (χ4v) is 3.15. The Balaban J connectivity index is 1.74. The van der Waals surface area contributed by atoms with Gasteiger partial charge in [0, 0.05) is 29.2 Å². The molecule has 2 heterocycles. The van der Waals surface area contributed by atoms with Gasteiger partial charge in [-0.15, -0.1) is 11.3 Å². The second-order valence-electron chi connectivity index (χ2n) is 4.79. The number of benzene rings is 1. The maximum Gasteiger partial charge on any atom is 0.254 e. The number of carbonyl (C=O) groups excluding carboxylic acids is 1. The summed E-state index contributed by atoms with van der Waals surface area (Å²) in [6.45, 7) is 1.59. The van der Waals surface area contributed by atoms with Gasteiger partial charge in [0.25, 0.3) is 5.91 Å². The predicted octanol–water partition coefficient (Wildman–Crippen LogP) is 2.57. The Morgan fingerprint density at radius 1 is 1.32 bits per heavy atom. The summed E-state index contributed by atoms with van der Waals surface area (Å²) in [6, 6.07) is 9.81. The van der Waals surface area contributed by atoms with Crippen molar-refractivity contribution in [2.24, 2.45) is 0 Å². The molecule has 0 radical (unpaired) electrons. The molecular formula is C15H16N2OS. The van der Waals surface area contributed by atoms with E-state index in [1.165, 1.54) is 4.88 Å². The van der Waals surface area contributed by atoms with Crippen molar-refractivity contribution in [2.75, 3.05) is 18.8 Å².